The van der Waals surface area contributed by atoms with Gasteiger partial charge in [-0.1, -0.05) is 0 Å². The van der Waals surface area contributed by atoms with Crippen LogP contribution in [0.2, 0.25) is 0 Å². The van der Waals surface area contributed by atoms with Crippen LogP contribution in [0.15, 0.2) is 18.2 Å². The van der Waals surface area contributed by atoms with Gasteiger partial charge >= 0.3 is 6.09 Å². The first-order valence-corrected chi connectivity index (χ1v) is 6.54. The minimum Gasteiger partial charge on any atom is -0.489 e. The molecule has 1 fully saturated rings. The van der Waals surface area contributed by atoms with Crippen molar-refractivity contribution >= 4 is 17.7 Å². The second-order valence-electron chi connectivity index (χ2n) is 4.63. The molecular weight excluding hydrogens is 273 g/mol. The van der Waals surface area contributed by atoms with Gasteiger partial charge in [0.05, 0.1) is 5.88 Å². The second-order valence-corrected chi connectivity index (χ2v) is 4.90. The van der Waals surface area contributed by atoms with E-state index < -0.39 is 11.7 Å². The largest absolute Gasteiger partial charge is 0.489 e. The number of carbonyl (C=O) groups is 1. The highest BCUT2D eigenvalue weighted by atomic mass is 35.5. The maximum absolute atomic E-state index is 13.1. The topological polar surface area (TPSA) is 61.6 Å². The summed E-state index contributed by atoms with van der Waals surface area (Å²) in [5.74, 6) is 0.280. The molecule has 4 nitrogen and oxygen atoms in total. The van der Waals surface area contributed by atoms with Crippen LogP contribution in [0.25, 0.3) is 0 Å². The van der Waals surface area contributed by atoms with Crippen molar-refractivity contribution in [3.8, 4) is 5.75 Å². The molecule has 1 aliphatic carbocycles. The van der Waals surface area contributed by atoms with Crippen LogP contribution in [0.3, 0.4) is 0 Å². The maximum atomic E-state index is 13.1. The quantitative estimate of drug-likeness (QED) is 0.847. The van der Waals surface area contributed by atoms with E-state index in [0.29, 0.717) is 24.2 Å². The van der Waals surface area contributed by atoms with Crippen LogP contribution in [-0.4, -0.2) is 18.3 Å². The first-order valence-electron chi connectivity index (χ1n) is 6.00. The minimum atomic E-state index is -0.806. The van der Waals surface area contributed by atoms with Crippen molar-refractivity contribution in [3.63, 3.8) is 0 Å². The molecule has 19 heavy (non-hydrogen) atoms. The standard InChI is InChI=1S/C13H15ClFNO3/c14-7-9-6-10(15)2-3-11(9)18-8-13(4-1-5-13)19-12(16)17/h2-3,6H,1,4-5,7-8H2,(H2,16,17). The molecule has 1 aromatic carbocycles. The first-order chi connectivity index (χ1) is 9.04. The molecule has 6 heteroatoms. The monoisotopic (exact) mass is 287 g/mol. The lowest BCUT2D eigenvalue weighted by atomic mass is 9.80. The van der Waals surface area contributed by atoms with Crippen molar-refractivity contribution in [1.82, 2.24) is 0 Å². The summed E-state index contributed by atoms with van der Waals surface area (Å²) in [7, 11) is 0. The number of alkyl halides is 1. The van der Waals surface area contributed by atoms with E-state index in [2.05, 4.69) is 0 Å². The third-order valence-corrected chi connectivity index (χ3v) is 3.53. The van der Waals surface area contributed by atoms with Gasteiger partial charge in [-0.2, -0.15) is 0 Å². The van der Waals surface area contributed by atoms with Gasteiger partial charge in [0.15, 0.2) is 0 Å². The van der Waals surface area contributed by atoms with Gasteiger partial charge in [-0.15, -0.1) is 11.6 Å². The highest BCUT2D eigenvalue weighted by Gasteiger charge is 2.41. The molecule has 0 aromatic heterocycles. The summed E-state index contributed by atoms with van der Waals surface area (Å²) < 4.78 is 23.8. The average Bonchev–Trinajstić information content (AvgIpc) is 2.33. The normalized spacial score (nSPS) is 16.5. The molecule has 0 bridgehead atoms. The van der Waals surface area contributed by atoms with E-state index in [4.69, 9.17) is 26.8 Å². The number of hydrogen-bond donors (Lipinski definition) is 1. The van der Waals surface area contributed by atoms with Crippen molar-refractivity contribution < 1.29 is 18.7 Å². The lowest BCUT2D eigenvalue weighted by molar-refractivity contribution is -0.0726. The van der Waals surface area contributed by atoms with Crippen LogP contribution in [0.4, 0.5) is 9.18 Å². The number of hydrogen-bond acceptors (Lipinski definition) is 3. The predicted octanol–water partition coefficient (Wildman–Crippen LogP) is 2.96. The molecule has 1 aliphatic rings. The Morgan fingerprint density at radius 1 is 1.47 bits per heavy atom. The molecule has 1 saturated carbocycles. The van der Waals surface area contributed by atoms with Gasteiger partial charge in [-0.3, -0.25) is 0 Å². The number of carbonyl (C=O) groups excluding carboxylic acids is 1. The van der Waals surface area contributed by atoms with E-state index >= 15 is 0 Å². The highest BCUT2D eigenvalue weighted by molar-refractivity contribution is 6.17. The van der Waals surface area contributed by atoms with Gasteiger partial charge in [0.1, 0.15) is 23.8 Å². The molecule has 0 aliphatic heterocycles. The second kappa shape index (κ2) is 5.65. The molecule has 0 saturated heterocycles. The van der Waals surface area contributed by atoms with Crippen molar-refractivity contribution in [1.29, 1.82) is 0 Å². The molecule has 2 N–H and O–H groups in total. The van der Waals surface area contributed by atoms with Crippen molar-refractivity contribution in [3.05, 3.63) is 29.6 Å². The number of ether oxygens (including phenoxy) is 2. The van der Waals surface area contributed by atoms with Gasteiger partial charge in [0.2, 0.25) is 0 Å². The molecule has 2 rings (SSSR count). The smallest absolute Gasteiger partial charge is 0.405 e. The van der Waals surface area contributed by atoms with Gasteiger partial charge < -0.3 is 15.2 Å². The zero-order valence-corrected chi connectivity index (χ0v) is 11.1. The summed E-state index contributed by atoms with van der Waals surface area (Å²) in [6.45, 7) is 0.200. The Bertz CT molecular complexity index is 477. The van der Waals surface area contributed by atoms with Crippen LogP contribution in [0, 0.1) is 5.82 Å². The van der Waals surface area contributed by atoms with E-state index in [0.717, 1.165) is 6.42 Å². The van der Waals surface area contributed by atoms with E-state index in [1.807, 2.05) is 0 Å². The summed E-state index contributed by atoms with van der Waals surface area (Å²) in [5.41, 5.74) is 4.96. The van der Waals surface area contributed by atoms with Gasteiger partial charge in [-0.05, 0) is 37.5 Å². The Morgan fingerprint density at radius 2 is 2.21 bits per heavy atom. The minimum absolute atomic E-state index is 0.150. The summed E-state index contributed by atoms with van der Waals surface area (Å²) in [4.78, 5) is 10.9. The summed E-state index contributed by atoms with van der Waals surface area (Å²) in [5, 5.41) is 0. The van der Waals surface area contributed by atoms with E-state index in [1.54, 1.807) is 0 Å². The van der Waals surface area contributed by atoms with Crippen LogP contribution in [0.5, 0.6) is 5.75 Å². The Labute approximate surface area is 115 Å². The molecule has 1 aromatic rings. The van der Waals surface area contributed by atoms with Crippen molar-refractivity contribution in [2.75, 3.05) is 6.61 Å². The van der Waals surface area contributed by atoms with Crippen LogP contribution in [0.1, 0.15) is 24.8 Å². The number of nitrogens with two attached hydrogens (primary N) is 1. The van der Waals surface area contributed by atoms with Gasteiger partial charge in [0, 0.05) is 5.56 Å². The lowest BCUT2D eigenvalue weighted by Crippen LogP contribution is -2.48. The fraction of sp³-hybridized carbons (Fsp3) is 0.462. The molecule has 0 unspecified atom stereocenters. The summed E-state index contributed by atoms with van der Waals surface area (Å²) >= 11 is 5.73. The Hall–Kier alpha value is -1.49. The lowest BCUT2D eigenvalue weighted by Gasteiger charge is -2.39. The zero-order chi connectivity index (χ0) is 13.9. The molecule has 104 valence electrons. The zero-order valence-electron chi connectivity index (χ0n) is 10.3. The maximum Gasteiger partial charge on any atom is 0.405 e. The summed E-state index contributed by atoms with van der Waals surface area (Å²) in [6.07, 6.45) is 1.59. The molecule has 0 spiro atoms. The fourth-order valence-corrected chi connectivity index (χ4v) is 2.27. The summed E-state index contributed by atoms with van der Waals surface area (Å²) in [6, 6.07) is 4.14. The number of primary amides is 1. The molecular formula is C13H15ClFNO3. The van der Waals surface area contributed by atoms with Gasteiger partial charge in [-0.25, -0.2) is 9.18 Å². The number of amides is 1. The Balaban J connectivity index is 2.03. The molecule has 0 radical (unpaired) electrons. The van der Waals surface area contributed by atoms with E-state index in [9.17, 15) is 9.18 Å². The Kier molecular flexibility index (Phi) is 4.14. The number of benzene rings is 1. The molecule has 0 heterocycles. The fourth-order valence-electron chi connectivity index (χ4n) is 2.06. The van der Waals surface area contributed by atoms with Crippen LogP contribution >= 0.6 is 11.6 Å². The van der Waals surface area contributed by atoms with Crippen LogP contribution in [-0.2, 0) is 10.6 Å². The average molecular weight is 288 g/mol. The van der Waals surface area contributed by atoms with Gasteiger partial charge in [0.25, 0.3) is 0 Å². The Morgan fingerprint density at radius 3 is 2.74 bits per heavy atom. The molecule has 1 amide bonds. The predicted molar refractivity (Wildman–Crippen MR) is 68.7 cm³/mol. The van der Waals surface area contributed by atoms with E-state index in [1.165, 1.54) is 18.2 Å². The molecule has 0 atom stereocenters. The third kappa shape index (κ3) is 3.29. The SMILES string of the molecule is NC(=O)OC1(COc2ccc(F)cc2CCl)CCC1. The third-order valence-electron chi connectivity index (χ3n) is 3.24. The van der Waals surface area contributed by atoms with Crippen LogP contribution < -0.4 is 10.5 Å². The van der Waals surface area contributed by atoms with Crippen molar-refractivity contribution in [2.45, 2.75) is 30.7 Å². The first kappa shape index (κ1) is 13.9. The van der Waals surface area contributed by atoms with Crippen molar-refractivity contribution in [2.24, 2.45) is 5.73 Å². The highest BCUT2D eigenvalue weighted by Crippen LogP contribution is 2.36. The number of halogens is 2. The number of rotatable bonds is 5. The van der Waals surface area contributed by atoms with E-state index in [-0.39, 0.29) is 18.3 Å².